The summed E-state index contributed by atoms with van der Waals surface area (Å²) in [4.78, 5) is 39.2. The van der Waals surface area contributed by atoms with Crippen LogP contribution in [0, 0.1) is 17.5 Å². The number of alkyl carbamates (subject to hydrolysis) is 1. The van der Waals surface area contributed by atoms with Crippen molar-refractivity contribution in [3.63, 3.8) is 0 Å². The molecule has 15 heteroatoms. The Kier molecular flexibility index (Phi) is 8.43. The van der Waals surface area contributed by atoms with Gasteiger partial charge in [0.05, 0.1) is 26.0 Å². The predicted molar refractivity (Wildman–Crippen MR) is 114 cm³/mol. The van der Waals surface area contributed by atoms with Crippen molar-refractivity contribution < 1.29 is 50.2 Å². The lowest BCUT2D eigenvalue weighted by atomic mass is 10.0. The number of piperazine rings is 1. The summed E-state index contributed by atoms with van der Waals surface area (Å²) < 4.78 is 90.9. The summed E-state index contributed by atoms with van der Waals surface area (Å²) in [5.41, 5.74) is -0.857. The fraction of sp³-hybridized carbons (Fsp3) is 0.500. The first-order chi connectivity index (χ1) is 17.3. The van der Waals surface area contributed by atoms with Crippen molar-refractivity contribution in [1.29, 1.82) is 0 Å². The number of esters is 1. The van der Waals surface area contributed by atoms with Gasteiger partial charge in [-0.05, 0) is 25.0 Å². The first-order valence-electron chi connectivity index (χ1n) is 11.1. The number of benzene rings is 1. The van der Waals surface area contributed by atoms with Gasteiger partial charge in [0.25, 0.3) is 0 Å². The first kappa shape index (κ1) is 27.9. The minimum atomic E-state index is -4.73. The summed E-state index contributed by atoms with van der Waals surface area (Å²) in [5.74, 6) is -5.54. The third-order valence-corrected chi connectivity index (χ3v) is 5.81. The van der Waals surface area contributed by atoms with E-state index in [4.69, 9.17) is 4.74 Å². The molecule has 3 rings (SSSR count). The lowest BCUT2D eigenvalue weighted by Gasteiger charge is -2.38. The highest BCUT2D eigenvalue weighted by Crippen LogP contribution is 2.34. The van der Waals surface area contributed by atoms with Crippen molar-refractivity contribution in [2.75, 3.05) is 33.4 Å². The number of ether oxygens (including phenoxy) is 2. The highest BCUT2D eigenvalue weighted by molar-refractivity contribution is 5.89. The molecule has 0 saturated carbocycles. The number of methoxy groups -OCH3 is 1. The van der Waals surface area contributed by atoms with Crippen molar-refractivity contribution >= 4 is 18.0 Å². The highest BCUT2D eigenvalue weighted by atomic mass is 19.4. The Balaban J connectivity index is 1.80. The van der Waals surface area contributed by atoms with Crippen LogP contribution in [0.15, 0.2) is 23.5 Å². The van der Waals surface area contributed by atoms with E-state index in [0.717, 1.165) is 16.9 Å². The normalized spacial score (nSPS) is 18.2. The van der Waals surface area contributed by atoms with Gasteiger partial charge in [0.1, 0.15) is 11.5 Å². The molecule has 1 aromatic rings. The Bertz CT molecular complexity index is 1100. The minimum Gasteiger partial charge on any atom is -0.464 e. The fourth-order valence-corrected chi connectivity index (χ4v) is 4.11. The molecule has 9 nitrogen and oxygen atoms in total. The van der Waals surface area contributed by atoms with E-state index in [1.54, 1.807) is 0 Å². The van der Waals surface area contributed by atoms with Crippen LogP contribution in [0.25, 0.3) is 0 Å². The van der Waals surface area contributed by atoms with Crippen molar-refractivity contribution in [3.8, 4) is 0 Å². The van der Waals surface area contributed by atoms with Gasteiger partial charge in [0.15, 0.2) is 17.8 Å². The van der Waals surface area contributed by atoms with E-state index in [9.17, 15) is 40.7 Å². The van der Waals surface area contributed by atoms with Crippen molar-refractivity contribution in [2.45, 2.75) is 38.1 Å². The number of nitrogens with one attached hydrogen (secondary N) is 2. The molecule has 2 heterocycles. The Morgan fingerprint density at radius 1 is 1.14 bits per heavy atom. The molecule has 2 N–H and O–H groups in total. The number of hydrogen-bond acceptors (Lipinski definition) is 7. The topological polar surface area (TPSA) is 100 Å². The van der Waals surface area contributed by atoms with Gasteiger partial charge in [-0.2, -0.15) is 13.2 Å². The van der Waals surface area contributed by atoms with Crippen LogP contribution in [0.3, 0.4) is 0 Å². The minimum absolute atomic E-state index is 0.0220. The predicted octanol–water partition coefficient (Wildman–Crippen LogP) is 2.17. The van der Waals surface area contributed by atoms with Crippen LogP contribution in [0.2, 0.25) is 0 Å². The molecule has 1 unspecified atom stereocenters. The lowest BCUT2D eigenvalue weighted by molar-refractivity contribution is -0.183. The van der Waals surface area contributed by atoms with Crippen LogP contribution in [-0.4, -0.2) is 79.5 Å². The average Bonchev–Trinajstić information content (AvgIpc) is 3.21. The van der Waals surface area contributed by atoms with Crippen molar-refractivity contribution in [1.82, 2.24) is 20.4 Å². The van der Waals surface area contributed by atoms with Crippen molar-refractivity contribution in [3.05, 3.63) is 46.5 Å². The second kappa shape index (κ2) is 11.2. The quantitative estimate of drug-likeness (QED) is 0.312. The molecule has 0 bridgehead atoms. The van der Waals surface area contributed by atoms with Crippen LogP contribution in [0.4, 0.5) is 31.1 Å². The number of halogens is 6. The molecule has 1 saturated heterocycles. The largest absolute Gasteiger partial charge is 0.464 e. The van der Waals surface area contributed by atoms with Crippen LogP contribution < -0.4 is 10.6 Å². The van der Waals surface area contributed by atoms with Crippen LogP contribution in [-0.2, 0) is 25.5 Å². The second-order valence-electron chi connectivity index (χ2n) is 8.24. The smallest absolute Gasteiger partial charge is 0.427 e. The van der Waals surface area contributed by atoms with Gasteiger partial charge in [0, 0.05) is 31.6 Å². The summed E-state index contributed by atoms with van der Waals surface area (Å²) in [7, 11) is 0.998. The molecule has 2 amide bonds. The number of carbonyl (C=O) groups excluding carboxylic acids is 3. The van der Waals surface area contributed by atoms with Gasteiger partial charge >= 0.3 is 18.2 Å². The van der Waals surface area contributed by atoms with Crippen LogP contribution in [0.1, 0.15) is 18.9 Å². The third-order valence-electron chi connectivity index (χ3n) is 5.81. The SMILES string of the molecule is CCOC(=O)N[C@@H](CC(=O)N1CCN2C(=C(C(=O)OC)NC2C(F)(F)F)C1)Cc1cc(F)c(F)cc1F. The van der Waals surface area contributed by atoms with E-state index in [1.165, 1.54) is 6.92 Å². The zero-order chi connectivity index (χ0) is 27.5. The first-order valence-corrected chi connectivity index (χ1v) is 11.1. The number of rotatable bonds is 7. The Labute approximate surface area is 207 Å². The lowest BCUT2D eigenvalue weighted by Crippen LogP contribution is -2.55. The van der Waals surface area contributed by atoms with Crippen LogP contribution >= 0.6 is 0 Å². The zero-order valence-electron chi connectivity index (χ0n) is 19.8. The van der Waals surface area contributed by atoms with E-state index in [2.05, 4.69) is 15.4 Å². The zero-order valence-corrected chi connectivity index (χ0v) is 19.8. The Hall–Kier alpha value is -3.65. The summed E-state index contributed by atoms with van der Waals surface area (Å²) in [6, 6.07) is -0.205. The number of alkyl halides is 3. The second-order valence-corrected chi connectivity index (χ2v) is 8.24. The molecular formula is C22H24F6N4O5. The summed E-state index contributed by atoms with van der Waals surface area (Å²) in [6.07, 6.45) is -8.74. The van der Waals surface area contributed by atoms with Gasteiger partial charge in [-0.1, -0.05) is 0 Å². The van der Waals surface area contributed by atoms with E-state index in [0.29, 0.717) is 12.1 Å². The van der Waals surface area contributed by atoms with Crippen LogP contribution in [0.5, 0.6) is 0 Å². The molecule has 2 atom stereocenters. The maximum absolute atomic E-state index is 14.2. The number of hydrogen-bond donors (Lipinski definition) is 2. The maximum atomic E-state index is 14.2. The Morgan fingerprint density at radius 2 is 1.81 bits per heavy atom. The van der Waals surface area contributed by atoms with Gasteiger partial charge in [-0.25, -0.2) is 22.8 Å². The van der Waals surface area contributed by atoms with E-state index >= 15 is 0 Å². The summed E-state index contributed by atoms with van der Waals surface area (Å²) >= 11 is 0. The number of nitrogens with zero attached hydrogens (tertiary/aromatic N) is 2. The number of carbonyl (C=O) groups is 3. The van der Waals surface area contributed by atoms with Crippen molar-refractivity contribution in [2.24, 2.45) is 0 Å². The highest BCUT2D eigenvalue weighted by Gasteiger charge is 2.51. The summed E-state index contributed by atoms with van der Waals surface area (Å²) in [6.45, 7) is 0.689. The van der Waals surface area contributed by atoms with Gasteiger partial charge in [-0.3, -0.25) is 4.79 Å². The molecule has 0 radical (unpaired) electrons. The maximum Gasteiger partial charge on any atom is 0.427 e. The molecular weight excluding hydrogens is 514 g/mol. The monoisotopic (exact) mass is 538 g/mol. The molecule has 0 spiro atoms. The molecule has 0 aliphatic carbocycles. The van der Waals surface area contributed by atoms with Gasteiger partial charge in [-0.15, -0.1) is 0 Å². The molecule has 1 fully saturated rings. The fourth-order valence-electron chi connectivity index (χ4n) is 4.11. The molecule has 37 heavy (non-hydrogen) atoms. The van der Waals surface area contributed by atoms with Gasteiger partial charge < -0.3 is 29.9 Å². The van der Waals surface area contributed by atoms with E-state index < -0.39 is 72.3 Å². The molecule has 204 valence electrons. The number of amides is 2. The summed E-state index contributed by atoms with van der Waals surface area (Å²) in [5, 5.41) is 4.46. The average molecular weight is 538 g/mol. The molecule has 2 aliphatic rings. The molecule has 2 aliphatic heterocycles. The Morgan fingerprint density at radius 3 is 2.43 bits per heavy atom. The number of fused-ring (bicyclic) bond motifs is 1. The third kappa shape index (κ3) is 6.38. The molecule has 1 aromatic carbocycles. The van der Waals surface area contributed by atoms with Gasteiger partial charge in [0.2, 0.25) is 5.91 Å². The van der Waals surface area contributed by atoms with E-state index in [1.807, 2.05) is 0 Å². The standard InChI is InChI=1S/C22H24F6N4O5/c1-3-37-21(35)29-12(6-11-7-14(24)15(25)9-13(11)23)8-17(33)31-4-5-32-16(10-31)18(19(34)36-2)30-20(32)22(26,27)28/h7,9,12,20,30H,3-6,8,10H2,1-2H3,(H,29,35)/t12-,20?/m1/s1. The molecule has 0 aromatic heterocycles. The van der Waals surface area contributed by atoms with E-state index in [-0.39, 0.29) is 37.5 Å².